The molecule has 0 aliphatic heterocycles. The normalized spacial score (nSPS) is 11.3. The maximum atomic E-state index is 13.2. The Bertz CT molecular complexity index is 1180. The average molecular weight is 412 g/mol. The van der Waals surface area contributed by atoms with Gasteiger partial charge in [0.15, 0.2) is 0 Å². The Hall–Kier alpha value is -3.00. The lowest BCUT2D eigenvalue weighted by atomic mass is 10.2. The van der Waals surface area contributed by atoms with Gasteiger partial charge < -0.3 is 14.6 Å². The Kier molecular flexibility index (Phi) is 6.99. The SMILES string of the molecule is CCCCn1c(=N)c(C(=O)NCCCOCC)cc2c(=O)n3cc(C)ccc3nc21. The van der Waals surface area contributed by atoms with Crippen LogP contribution in [0.25, 0.3) is 16.7 Å². The van der Waals surface area contributed by atoms with Gasteiger partial charge >= 0.3 is 0 Å². The highest BCUT2D eigenvalue weighted by Crippen LogP contribution is 2.12. The van der Waals surface area contributed by atoms with E-state index in [1.54, 1.807) is 16.8 Å². The van der Waals surface area contributed by atoms with Gasteiger partial charge in [-0.3, -0.25) is 19.4 Å². The minimum absolute atomic E-state index is 0.0709. The van der Waals surface area contributed by atoms with Gasteiger partial charge in [0.2, 0.25) is 0 Å². The predicted molar refractivity (Wildman–Crippen MR) is 116 cm³/mol. The number of pyridine rings is 2. The van der Waals surface area contributed by atoms with E-state index in [-0.39, 0.29) is 22.5 Å². The zero-order chi connectivity index (χ0) is 21.7. The second kappa shape index (κ2) is 9.67. The summed E-state index contributed by atoms with van der Waals surface area (Å²) in [6.07, 6.45) is 4.17. The van der Waals surface area contributed by atoms with Crippen molar-refractivity contribution in [2.24, 2.45) is 0 Å². The van der Waals surface area contributed by atoms with Crippen molar-refractivity contribution in [3.8, 4) is 0 Å². The Morgan fingerprint density at radius 1 is 1.27 bits per heavy atom. The Morgan fingerprint density at radius 3 is 2.80 bits per heavy atom. The molecule has 3 aromatic rings. The van der Waals surface area contributed by atoms with Crippen molar-refractivity contribution in [2.75, 3.05) is 19.8 Å². The Balaban J connectivity index is 2.11. The molecule has 0 atom stereocenters. The number of aryl methyl sites for hydroxylation is 2. The molecule has 0 bridgehead atoms. The highest BCUT2D eigenvalue weighted by Gasteiger charge is 2.17. The summed E-state index contributed by atoms with van der Waals surface area (Å²) in [5.41, 5.74) is 1.91. The zero-order valence-electron chi connectivity index (χ0n) is 17.8. The van der Waals surface area contributed by atoms with Gasteiger partial charge in [0.05, 0.1) is 10.9 Å². The molecule has 0 unspecified atom stereocenters. The van der Waals surface area contributed by atoms with E-state index < -0.39 is 0 Å². The largest absolute Gasteiger partial charge is 0.382 e. The fraction of sp³-hybridized carbons (Fsp3) is 0.455. The summed E-state index contributed by atoms with van der Waals surface area (Å²) in [7, 11) is 0. The molecule has 3 heterocycles. The van der Waals surface area contributed by atoms with Crippen LogP contribution in [0.15, 0.2) is 29.2 Å². The highest BCUT2D eigenvalue weighted by atomic mass is 16.5. The highest BCUT2D eigenvalue weighted by molar-refractivity contribution is 5.96. The molecule has 0 aromatic carbocycles. The number of amides is 1. The summed E-state index contributed by atoms with van der Waals surface area (Å²) in [5, 5.41) is 11.8. The summed E-state index contributed by atoms with van der Waals surface area (Å²) < 4.78 is 8.46. The number of carbonyl (C=O) groups is 1. The molecule has 160 valence electrons. The van der Waals surface area contributed by atoms with Gasteiger partial charge in [-0.25, -0.2) is 4.98 Å². The number of nitrogens with zero attached hydrogens (tertiary/aromatic N) is 3. The van der Waals surface area contributed by atoms with Gasteiger partial charge in [0.25, 0.3) is 11.5 Å². The third-order valence-electron chi connectivity index (χ3n) is 4.99. The van der Waals surface area contributed by atoms with Crippen LogP contribution in [-0.2, 0) is 11.3 Å². The maximum absolute atomic E-state index is 13.2. The topological polar surface area (TPSA) is 101 Å². The van der Waals surface area contributed by atoms with E-state index in [4.69, 9.17) is 10.1 Å². The zero-order valence-corrected chi connectivity index (χ0v) is 17.8. The van der Waals surface area contributed by atoms with Crippen LogP contribution in [0.1, 0.15) is 49.0 Å². The third kappa shape index (κ3) is 4.43. The number of hydrogen-bond acceptors (Lipinski definition) is 5. The number of aromatic nitrogens is 3. The van der Waals surface area contributed by atoms with E-state index in [0.29, 0.717) is 49.4 Å². The standard InChI is InChI=1S/C22H29N5O3/c1-4-6-11-26-19(23)16(21(28)24-10-7-12-30-5-2)13-17-20(26)25-18-9-8-15(3)14-27(18)22(17)29/h8-9,13-14,23H,4-7,10-12H2,1-3H3,(H,24,28). The molecule has 0 radical (unpaired) electrons. The third-order valence-corrected chi connectivity index (χ3v) is 4.99. The van der Waals surface area contributed by atoms with Crippen molar-refractivity contribution in [1.82, 2.24) is 19.3 Å². The van der Waals surface area contributed by atoms with Crippen LogP contribution in [0.2, 0.25) is 0 Å². The fourth-order valence-corrected chi connectivity index (χ4v) is 3.37. The van der Waals surface area contributed by atoms with E-state index in [1.165, 1.54) is 10.5 Å². The van der Waals surface area contributed by atoms with Crippen LogP contribution in [0.4, 0.5) is 0 Å². The molecule has 30 heavy (non-hydrogen) atoms. The van der Waals surface area contributed by atoms with Crippen molar-refractivity contribution < 1.29 is 9.53 Å². The maximum Gasteiger partial charge on any atom is 0.267 e. The van der Waals surface area contributed by atoms with Gasteiger partial charge in [-0.2, -0.15) is 0 Å². The average Bonchev–Trinajstić information content (AvgIpc) is 2.73. The number of ether oxygens (including phenoxy) is 1. The van der Waals surface area contributed by atoms with Crippen molar-refractivity contribution in [1.29, 1.82) is 5.41 Å². The van der Waals surface area contributed by atoms with Crippen LogP contribution in [0.5, 0.6) is 0 Å². The lowest BCUT2D eigenvalue weighted by molar-refractivity contribution is 0.0942. The van der Waals surface area contributed by atoms with Gasteiger partial charge in [-0.05, 0) is 44.4 Å². The molecule has 0 spiro atoms. The molecular weight excluding hydrogens is 382 g/mol. The first-order valence-electron chi connectivity index (χ1n) is 10.4. The second-order valence-corrected chi connectivity index (χ2v) is 7.31. The molecule has 8 heteroatoms. The van der Waals surface area contributed by atoms with Gasteiger partial charge in [-0.15, -0.1) is 0 Å². The van der Waals surface area contributed by atoms with E-state index in [0.717, 1.165) is 18.4 Å². The molecule has 1 amide bonds. The van der Waals surface area contributed by atoms with Crippen LogP contribution in [0.3, 0.4) is 0 Å². The monoisotopic (exact) mass is 411 g/mol. The number of unbranched alkanes of at least 4 members (excludes halogenated alkanes) is 1. The van der Waals surface area contributed by atoms with Crippen LogP contribution in [-0.4, -0.2) is 39.6 Å². The molecule has 0 saturated heterocycles. The first-order valence-corrected chi connectivity index (χ1v) is 10.4. The summed E-state index contributed by atoms with van der Waals surface area (Å²) in [4.78, 5) is 30.6. The molecule has 3 rings (SSSR count). The van der Waals surface area contributed by atoms with Crippen LogP contribution >= 0.6 is 0 Å². The summed E-state index contributed by atoms with van der Waals surface area (Å²) >= 11 is 0. The Morgan fingerprint density at radius 2 is 2.07 bits per heavy atom. The molecule has 0 aliphatic rings. The molecule has 0 fully saturated rings. The van der Waals surface area contributed by atoms with Gasteiger partial charge in [0.1, 0.15) is 16.8 Å². The lowest BCUT2D eigenvalue weighted by Gasteiger charge is -2.14. The number of fused-ring (bicyclic) bond motifs is 2. The Labute approximate surface area is 175 Å². The van der Waals surface area contributed by atoms with Gasteiger partial charge in [0, 0.05) is 32.5 Å². The van der Waals surface area contributed by atoms with Crippen molar-refractivity contribution >= 4 is 22.6 Å². The van der Waals surface area contributed by atoms with Crippen LogP contribution in [0, 0.1) is 12.3 Å². The second-order valence-electron chi connectivity index (χ2n) is 7.31. The number of carbonyl (C=O) groups excluding carboxylic acids is 1. The van der Waals surface area contributed by atoms with E-state index in [1.807, 2.05) is 19.9 Å². The summed E-state index contributed by atoms with van der Waals surface area (Å²) in [6, 6.07) is 5.20. The van der Waals surface area contributed by atoms with Crippen LogP contribution < -0.4 is 16.4 Å². The van der Waals surface area contributed by atoms with Crippen molar-refractivity contribution in [3.05, 3.63) is 51.4 Å². The van der Waals surface area contributed by atoms with E-state index in [2.05, 4.69) is 17.2 Å². The van der Waals surface area contributed by atoms with Crippen molar-refractivity contribution in [3.63, 3.8) is 0 Å². The lowest BCUT2D eigenvalue weighted by Crippen LogP contribution is -2.35. The quantitative estimate of drug-likeness (QED) is 0.417. The first kappa shape index (κ1) is 21.7. The minimum Gasteiger partial charge on any atom is -0.382 e. The van der Waals surface area contributed by atoms with Crippen molar-refractivity contribution in [2.45, 2.75) is 46.6 Å². The molecule has 0 aliphatic carbocycles. The minimum atomic E-state index is -0.364. The number of hydrogen-bond donors (Lipinski definition) is 2. The summed E-state index contributed by atoms with van der Waals surface area (Å²) in [6.45, 7) is 8.05. The molecular formula is C22H29N5O3. The molecule has 2 N–H and O–H groups in total. The van der Waals surface area contributed by atoms with Gasteiger partial charge in [-0.1, -0.05) is 19.4 Å². The number of rotatable bonds is 9. The smallest absolute Gasteiger partial charge is 0.267 e. The van der Waals surface area contributed by atoms with E-state index >= 15 is 0 Å². The molecule has 8 nitrogen and oxygen atoms in total. The summed E-state index contributed by atoms with van der Waals surface area (Å²) in [5.74, 6) is -0.364. The first-order chi connectivity index (χ1) is 14.5. The fourth-order valence-electron chi connectivity index (χ4n) is 3.37. The molecule has 0 saturated carbocycles. The predicted octanol–water partition coefficient (Wildman–Crippen LogP) is 2.39. The van der Waals surface area contributed by atoms with E-state index in [9.17, 15) is 9.59 Å². The number of nitrogens with one attached hydrogen (secondary N) is 2. The molecule has 3 aromatic heterocycles.